The molecule has 3 heterocycles. The summed E-state index contributed by atoms with van der Waals surface area (Å²) in [6.07, 6.45) is 2.15. The minimum Gasteiger partial charge on any atom is -0.389 e. The molecule has 15 heteroatoms. The molecular weight excluding hydrogens is 653 g/mol. The first-order valence-electron chi connectivity index (χ1n) is 15.9. The molecule has 3 N–H and O–H groups in total. The lowest BCUT2D eigenvalue weighted by molar-refractivity contribution is 0.0599. The average Bonchev–Trinajstić information content (AvgIpc) is 3.74. The first kappa shape index (κ1) is 33.8. The summed E-state index contributed by atoms with van der Waals surface area (Å²) in [6.45, 7) is 5.83. The van der Waals surface area contributed by atoms with E-state index in [9.17, 15) is 35.5 Å². The van der Waals surface area contributed by atoms with Crippen molar-refractivity contribution in [2.75, 3.05) is 31.0 Å². The van der Waals surface area contributed by atoms with Gasteiger partial charge in [0.15, 0.2) is 0 Å². The van der Waals surface area contributed by atoms with Gasteiger partial charge in [-0.3, -0.25) is 9.10 Å². The molecule has 1 amide bonds. The van der Waals surface area contributed by atoms with Crippen molar-refractivity contribution in [3.8, 4) is 0 Å². The van der Waals surface area contributed by atoms with Gasteiger partial charge >= 0.3 is 0 Å². The number of amides is 1. The van der Waals surface area contributed by atoms with Crippen LogP contribution in [0.25, 0.3) is 10.9 Å². The third-order valence-corrected chi connectivity index (χ3v) is 14.6. The summed E-state index contributed by atoms with van der Waals surface area (Å²) >= 11 is 0. The van der Waals surface area contributed by atoms with E-state index >= 15 is 0 Å². The number of halogens is 2. The maximum Gasteiger partial charge on any atom is 0.251 e. The fraction of sp³-hybridized carbons (Fsp3) is 0.531. The van der Waals surface area contributed by atoms with E-state index in [-0.39, 0.29) is 37.2 Å². The molecular formula is C32H41F2N5O6S2. The first-order valence-corrected chi connectivity index (χ1v) is 18.8. The zero-order valence-corrected chi connectivity index (χ0v) is 28.5. The first-order chi connectivity index (χ1) is 22.1. The number of nitrogens with one attached hydrogen (secondary N) is 2. The molecule has 0 radical (unpaired) electrons. The van der Waals surface area contributed by atoms with E-state index in [1.807, 2.05) is 17.7 Å². The van der Waals surface area contributed by atoms with Crippen LogP contribution >= 0.6 is 0 Å². The van der Waals surface area contributed by atoms with Crippen LogP contribution in [0.5, 0.6) is 0 Å². The van der Waals surface area contributed by atoms with Crippen LogP contribution in [0, 0.1) is 11.6 Å². The second-order valence-electron chi connectivity index (χ2n) is 13.2. The molecule has 1 spiro atoms. The lowest BCUT2D eigenvalue weighted by Gasteiger charge is -2.38. The zero-order chi connectivity index (χ0) is 34.1. The smallest absolute Gasteiger partial charge is 0.251 e. The molecule has 1 aliphatic carbocycles. The molecule has 2 fully saturated rings. The molecule has 1 saturated carbocycles. The van der Waals surface area contributed by atoms with Crippen LogP contribution in [-0.2, 0) is 39.4 Å². The Morgan fingerprint density at radius 2 is 1.83 bits per heavy atom. The molecule has 2 aromatic carbocycles. The average molecular weight is 694 g/mol. The quantitative estimate of drug-likeness (QED) is 0.313. The number of anilines is 1. The minimum absolute atomic E-state index is 0.0700. The van der Waals surface area contributed by atoms with Crippen LogP contribution in [0.4, 0.5) is 14.5 Å². The van der Waals surface area contributed by atoms with Crippen molar-refractivity contribution < 1.29 is 35.5 Å². The highest BCUT2D eigenvalue weighted by atomic mass is 32.2. The summed E-state index contributed by atoms with van der Waals surface area (Å²) in [7, 11) is -5.87. The molecule has 6 rings (SSSR count). The van der Waals surface area contributed by atoms with E-state index in [0.29, 0.717) is 31.5 Å². The largest absolute Gasteiger partial charge is 0.389 e. The Bertz CT molecular complexity index is 1920. The van der Waals surface area contributed by atoms with Gasteiger partial charge in [-0.25, -0.2) is 25.6 Å². The van der Waals surface area contributed by atoms with Crippen LogP contribution in [0.2, 0.25) is 0 Å². The van der Waals surface area contributed by atoms with Gasteiger partial charge in [0.25, 0.3) is 5.91 Å². The van der Waals surface area contributed by atoms with E-state index in [4.69, 9.17) is 0 Å². The topological polar surface area (TPSA) is 141 Å². The summed E-state index contributed by atoms with van der Waals surface area (Å²) < 4.78 is 85.2. The summed E-state index contributed by atoms with van der Waals surface area (Å²) in [5, 5.41) is 17.7. The van der Waals surface area contributed by atoms with E-state index in [2.05, 4.69) is 10.6 Å². The van der Waals surface area contributed by atoms with Crippen molar-refractivity contribution >= 4 is 42.5 Å². The second-order valence-corrected chi connectivity index (χ2v) is 18.1. The molecule has 11 nitrogen and oxygen atoms in total. The van der Waals surface area contributed by atoms with Crippen molar-refractivity contribution in [3.63, 3.8) is 0 Å². The molecule has 1 aromatic heterocycles. The number of aromatic nitrogens is 1. The molecule has 3 atom stereocenters. The predicted molar refractivity (Wildman–Crippen MR) is 175 cm³/mol. The normalized spacial score (nSPS) is 22.0. The number of aryl methyl sites for hydroxylation is 1. The highest BCUT2D eigenvalue weighted by Crippen LogP contribution is 2.51. The third-order valence-electron chi connectivity index (χ3n) is 9.83. The highest BCUT2D eigenvalue weighted by Gasteiger charge is 2.58. The van der Waals surface area contributed by atoms with Gasteiger partial charge in [0.1, 0.15) is 16.4 Å². The molecule has 3 aliphatic rings. The fourth-order valence-electron chi connectivity index (χ4n) is 6.91. The van der Waals surface area contributed by atoms with Crippen molar-refractivity contribution in [1.82, 2.24) is 19.5 Å². The predicted octanol–water partition coefficient (Wildman–Crippen LogP) is 2.51. The Hall–Kier alpha value is -3.11. The number of aliphatic hydroxyl groups excluding tert-OH is 1. The lowest BCUT2D eigenvalue weighted by Crippen LogP contribution is -2.62. The Morgan fingerprint density at radius 1 is 1.15 bits per heavy atom. The van der Waals surface area contributed by atoms with Gasteiger partial charge in [0.2, 0.25) is 20.0 Å². The fourth-order valence-corrected chi connectivity index (χ4v) is 10.1. The van der Waals surface area contributed by atoms with Gasteiger partial charge < -0.3 is 20.3 Å². The number of nitrogens with zero attached hydrogens (tertiary/aromatic N) is 3. The number of hydrogen-bond donors (Lipinski definition) is 3. The number of sulfonamides is 2. The van der Waals surface area contributed by atoms with Gasteiger partial charge in [0, 0.05) is 62.5 Å². The van der Waals surface area contributed by atoms with E-state index in [0.717, 1.165) is 34.7 Å². The summed E-state index contributed by atoms with van der Waals surface area (Å²) in [4.78, 5) is 14.0. The SMILES string of the molecule is CCc1cn2c3c(cc(C(=O)N[C@@H](Cc4cc(F)cc(F)c4)[C@H](O)[C@H]4CN(S(=O)(=O)C(C)C)CCN4)cc13)N(C)S(=O)(=O)C1(CC1)C2. The number of rotatable bonds is 9. The zero-order valence-electron chi connectivity index (χ0n) is 26.8. The summed E-state index contributed by atoms with van der Waals surface area (Å²) in [5.74, 6) is -2.27. The van der Waals surface area contributed by atoms with Crippen LogP contribution in [0.1, 0.15) is 55.1 Å². The van der Waals surface area contributed by atoms with Crippen LogP contribution in [0.3, 0.4) is 0 Å². The Labute approximate surface area is 274 Å². The third kappa shape index (κ3) is 5.94. The van der Waals surface area contributed by atoms with Gasteiger partial charge in [-0.05, 0) is 74.9 Å². The van der Waals surface area contributed by atoms with Crippen LogP contribution in [0.15, 0.2) is 36.5 Å². The number of benzene rings is 2. The second kappa shape index (κ2) is 12.1. The number of aliphatic hydroxyl groups is 1. The van der Waals surface area contributed by atoms with Gasteiger partial charge in [-0.2, -0.15) is 4.31 Å². The molecule has 256 valence electrons. The summed E-state index contributed by atoms with van der Waals surface area (Å²) in [6, 6.07) is 4.26. The van der Waals surface area contributed by atoms with E-state index in [1.165, 1.54) is 21.7 Å². The van der Waals surface area contributed by atoms with Gasteiger partial charge in [0.05, 0.1) is 28.6 Å². The van der Waals surface area contributed by atoms with Crippen molar-refractivity contribution in [2.45, 2.75) is 81.2 Å². The van der Waals surface area contributed by atoms with E-state index < -0.39 is 65.8 Å². The Balaban J connectivity index is 1.36. The lowest BCUT2D eigenvalue weighted by atomic mass is 9.94. The highest BCUT2D eigenvalue weighted by molar-refractivity contribution is 7.94. The Kier molecular flexibility index (Phi) is 8.69. The number of piperazine rings is 1. The molecule has 3 aromatic rings. The molecule has 1 saturated heterocycles. The molecule has 0 bridgehead atoms. The van der Waals surface area contributed by atoms with Gasteiger partial charge in [-0.15, -0.1) is 0 Å². The number of hydrogen-bond acceptors (Lipinski definition) is 7. The van der Waals surface area contributed by atoms with Crippen LogP contribution in [-0.4, -0.2) is 91.6 Å². The van der Waals surface area contributed by atoms with E-state index in [1.54, 1.807) is 19.9 Å². The maximum atomic E-state index is 14.2. The van der Waals surface area contributed by atoms with Crippen molar-refractivity contribution in [3.05, 3.63) is 64.9 Å². The molecule has 0 unspecified atom stereocenters. The minimum atomic E-state index is -3.73. The number of carbonyl (C=O) groups is 1. The van der Waals surface area contributed by atoms with Crippen LogP contribution < -0.4 is 14.9 Å². The summed E-state index contributed by atoms with van der Waals surface area (Å²) in [5.41, 5.74) is 2.37. The Morgan fingerprint density at radius 3 is 2.45 bits per heavy atom. The molecule has 2 aliphatic heterocycles. The maximum absolute atomic E-state index is 14.2. The number of carbonyl (C=O) groups excluding carboxylic acids is 1. The molecule has 47 heavy (non-hydrogen) atoms. The monoisotopic (exact) mass is 693 g/mol. The standard InChI is InChI=1S/C32H41F2N5O6S2/c1-5-21-16-38-18-32(6-7-32)47(44,45)37(4)28-14-22(13-25(21)29(28)38)31(41)36-26(12-20-10-23(33)15-24(34)11-20)30(40)27-17-39(9-8-35-27)46(42,43)19(2)3/h10-11,13-16,19,26-27,30,35,40H,5-9,12,17-18H2,1-4H3,(H,36,41)/t26-,27+,30-/m0/s1. The van der Waals surface area contributed by atoms with Crippen molar-refractivity contribution in [2.24, 2.45) is 0 Å². The van der Waals surface area contributed by atoms with Gasteiger partial charge in [-0.1, -0.05) is 6.92 Å². The van der Waals surface area contributed by atoms with Crippen molar-refractivity contribution in [1.29, 1.82) is 0 Å².